The predicted octanol–water partition coefficient (Wildman–Crippen LogP) is 3.09. The Balaban J connectivity index is 2.30. The topological polar surface area (TPSA) is 35.5 Å². The SMILES string of the molecule is CC(C)C(C=O)=Cc1ccc2c(c1)OCCCO2. The number of carbonyl (C=O) groups excluding carboxylic acids is 1. The zero-order chi connectivity index (χ0) is 13.0. The van der Waals surface area contributed by atoms with Gasteiger partial charge in [-0.3, -0.25) is 4.79 Å². The lowest BCUT2D eigenvalue weighted by Crippen LogP contribution is -1.97. The van der Waals surface area contributed by atoms with Crippen molar-refractivity contribution in [3.05, 3.63) is 29.3 Å². The zero-order valence-electron chi connectivity index (χ0n) is 10.8. The van der Waals surface area contributed by atoms with E-state index in [4.69, 9.17) is 9.47 Å². The lowest BCUT2D eigenvalue weighted by molar-refractivity contribution is -0.105. The maximum Gasteiger partial charge on any atom is 0.161 e. The lowest BCUT2D eigenvalue weighted by atomic mass is 10.0. The van der Waals surface area contributed by atoms with Crippen LogP contribution in [0.2, 0.25) is 0 Å². The van der Waals surface area contributed by atoms with Crippen LogP contribution in [0.3, 0.4) is 0 Å². The molecule has 0 atom stereocenters. The normalized spacial score (nSPS) is 15.4. The highest BCUT2D eigenvalue weighted by molar-refractivity contribution is 5.82. The van der Waals surface area contributed by atoms with E-state index in [0.717, 1.165) is 35.3 Å². The summed E-state index contributed by atoms with van der Waals surface area (Å²) >= 11 is 0. The fourth-order valence-electron chi connectivity index (χ4n) is 1.80. The molecule has 0 unspecified atom stereocenters. The van der Waals surface area contributed by atoms with Gasteiger partial charge in [-0.15, -0.1) is 0 Å². The van der Waals surface area contributed by atoms with E-state index in [9.17, 15) is 4.79 Å². The van der Waals surface area contributed by atoms with Crippen molar-refractivity contribution in [1.29, 1.82) is 0 Å². The molecule has 18 heavy (non-hydrogen) atoms. The molecule has 0 N–H and O–H groups in total. The highest BCUT2D eigenvalue weighted by atomic mass is 16.5. The van der Waals surface area contributed by atoms with Crippen LogP contribution in [0, 0.1) is 5.92 Å². The molecule has 0 saturated carbocycles. The molecule has 3 nitrogen and oxygen atoms in total. The molecular formula is C15H18O3. The summed E-state index contributed by atoms with van der Waals surface area (Å²) < 4.78 is 11.2. The van der Waals surface area contributed by atoms with Crippen molar-refractivity contribution in [3.8, 4) is 11.5 Å². The van der Waals surface area contributed by atoms with E-state index in [1.807, 2.05) is 38.1 Å². The van der Waals surface area contributed by atoms with E-state index in [-0.39, 0.29) is 5.92 Å². The summed E-state index contributed by atoms with van der Waals surface area (Å²) in [6.45, 7) is 5.37. The third kappa shape index (κ3) is 2.92. The van der Waals surface area contributed by atoms with Crippen molar-refractivity contribution in [2.24, 2.45) is 5.92 Å². The monoisotopic (exact) mass is 246 g/mol. The van der Waals surface area contributed by atoms with Crippen LogP contribution in [-0.4, -0.2) is 19.5 Å². The first-order valence-electron chi connectivity index (χ1n) is 6.27. The van der Waals surface area contributed by atoms with E-state index < -0.39 is 0 Å². The minimum absolute atomic E-state index is 0.221. The molecule has 1 aromatic carbocycles. The van der Waals surface area contributed by atoms with Crippen LogP contribution in [0.5, 0.6) is 11.5 Å². The Morgan fingerprint density at radius 1 is 1.22 bits per heavy atom. The van der Waals surface area contributed by atoms with Crippen molar-refractivity contribution in [2.75, 3.05) is 13.2 Å². The summed E-state index contributed by atoms with van der Waals surface area (Å²) in [6.07, 6.45) is 3.70. The quantitative estimate of drug-likeness (QED) is 0.607. The molecular weight excluding hydrogens is 228 g/mol. The average Bonchev–Trinajstić information content (AvgIpc) is 2.60. The first-order valence-corrected chi connectivity index (χ1v) is 6.27. The van der Waals surface area contributed by atoms with Gasteiger partial charge in [0.05, 0.1) is 13.2 Å². The van der Waals surface area contributed by atoms with Gasteiger partial charge in [-0.1, -0.05) is 19.9 Å². The van der Waals surface area contributed by atoms with Crippen LogP contribution in [0.15, 0.2) is 23.8 Å². The molecule has 0 aromatic heterocycles. The Labute approximate surface area is 107 Å². The molecule has 0 aliphatic carbocycles. The van der Waals surface area contributed by atoms with Gasteiger partial charge in [0.1, 0.15) is 6.29 Å². The molecule has 96 valence electrons. The maximum atomic E-state index is 11.0. The summed E-state index contributed by atoms with van der Waals surface area (Å²) in [6, 6.07) is 5.77. The van der Waals surface area contributed by atoms with Gasteiger partial charge in [-0.2, -0.15) is 0 Å². The van der Waals surface area contributed by atoms with Gasteiger partial charge in [0.2, 0.25) is 0 Å². The largest absolute Gasteiger partial charge is 0.490 e. The van der Waals surface area contributed by atoms with Crippen LogP contribution >= 0.6 is 0 Å². The number of aldehydes is 1. The van der Waals surface area contributed by atoms with Crippen molar-refractivity contribution < 1.29 is 14.3 Å². The molecule has 3 heteroatoms. The average molecular weight is 246 g/mol. The Kier molecular flexibility index (Phi) is 4.03. The second-order valence-electron chi connectivity index (χ2n) is 4.67. The summed E-state index contributed by atoms with van der Waals surface area (Å²) in [5.74, 6) is 1.76. The molecule has 0 saturated heterocycles. The van der Waals surface area contributed by atoms with Gasteiger partial charge in [-0.05, 0) is 35.3 Å². The van der Waals surface area contributed by atoms with Gasteiger partial charge in [0, 0.05) is 6.42 Å². The third-order valence-corrected chi connectivity index (χ3v) is 2.91. The number of fused-ring (bicyclic) bond motifs is 1. The fourth-order valence-corrected chi connectivity index (χ4v) is 1.80. The van der Waals surface area contributed by atoms with Crippen LogP contribution in [-0.2, 0) is 4.79 Å². The number of allylic oxidation sites excluding steroid dienone is 1. The molecule has 1 aliphatic heterocycles. The second kappa shape index (κ2) is 5.71. The lowest BCUT2D eigenvalue weighted by Gasteiger charge is -2.09. The number of ether oxygens (including phenoxy) is 2. The minimum Gasteiger partial charge on any atom is -0.490 e. The number of rotatable bonds is 3. The van der Waals surface area contributed by atoms with Crippen LogP contribution in [0.25, 0.3) is 6.08 Å². The second-order valence-corrected chi connectivity index (χ2v) is 4.67. The van der Waals surface area contributed by atoms with Crippen molar-refractivity contribution in [3.63, 3.8) is 0 Å². The summed E-state index contributed by atoms with van der Waals surface area (Å²) in [4.78, 5) is 11.0. The van der Waals surface area contributed by atoms with Crippen LogP contribution in [0.4, 0.5) is 0 Å². The van der Waals surface area contributed by atoms with E-state index in [2.05, 4.69) is 0 Å². The summed E-state index contributed by atoms with van der Waals surface area (Å²) in [5, 5.41) is 0. The Hall–Kier alpha value is -1.77. The van der Waals surface area contributed by atoms with Gasteiger partial charge < -0.3 is 9.47 Å². The van der Waals surface area contributed by atoms with E-state index in [1.54, 1.807) is 0 Å². The fraction of sp³-hybridized carbons (Fsp3) is 0.400. The van der Waals surface area contributed by atoms with Gasteiger partial charge >= 0.3 is 0 Å². The van der Waals surface area contributed by atoms with E-state index in [1.165, 1.54) is 0 Å². The Morgan fingerprint density at radius 3 is 2.61 bits per heavy atom. The molecule has 1 aliphatic rings. The summed E-state index contributed by atoms with van der Waals surface area (Å²) in [7, 11) is 0. The first-order chi connectivity index (χ1) is 8.70. The molecule has 0 bridgehead atoms. The predicted molar refractivity (Wildman–Crippen MR) is 70.9 cm³/mol. The van der Waals surface area contributed by atoms with Gasteiger partial charge in [-0.25, -0.2) is 0 Å². The van der Waals surface area contributed by atoms with Crippen molar-refractivity contribution in [1.82, 2.24) is 0 Å². The molecule has 0 fully saturated rings. The number of carbonyl (C=O) groups is 1. The van der Waals surface area contributed by atoms with Gasteiger partial charge in [0.25, 0.3) is 0 Å². The molecule has 2 rings (SSSR count). The molecule has 0 spiro atoms. The van der Waals surface area contributed by atoms with Gasteiger partial charge in [0.15, 0.2) is 11.5 Å². The van der Waals surface area contributed by atoms with E-state index >= 15 is 0 Å². The number of hydrogen-bond donors (Lipinski definition) is 0. The number of hydrogen-bond acceptors (Lipinski definition) is 3. The van der Waals surface area contributed by atoms with Crippen LogP contribution in [0.1, 0.15) is 25.8 Å². The standard InChI is InChI=1S/C15H18O3/c1-11(2)13(10-16)8-12-4-5-14-15(9-12)18-7-3-6-17-14/h4-5,8-11H,3,6-7H2,1-2H3. The first kappa shape index (κ1) is 12.7. The van der Waals surface area contributed by atoms with E-state index in [0.29, 0.717) is 13.2 Å². The van der Waals surface area contributed by atoms with Crippen molar-refractivity contribution >= 4 is 12.4 Å². The maximum absolute atomic E-state index is 11.0. The third-order valence-electron chi connectivity index (χ3n) is 2.91. The Bertz CT molecular complexity index is 461. The molecule has 1 heterocycles. The van der Waals surface area contributed by atoms with Crippen LogP contribution < -0.4 is 9.47 Å². The number of benzene rings is 1. The van der Waals surface area contributed by atoms with Crippen molar-refractivity contribution in [2.45, 2.75) is 20.3 Å². The highest BCUT2D eigenvalue weighted by Gasteiger charge is 2.10. The zero-order valence-corrected chi connectivity index (χ0v) is 10.8. The summed E-state index contributed by atoms with van der Waals surface area (Å²) in [5.41, 5.74) is 1.75. The molecule has 0 radical (unpaired) electrons. The smallest absolute Gasteiger partial charge is 0.161 e. The Morgan fingerprint density at radius 2 is 1.94 bits per heavy atom. The minimum atomic E-state index is 0.221. The molecule has 0 amide bonds. The molecule has 1 aromatic rings. The highest BCUT2D eigenvalue weighted by Crippen LogP contribution is 2.31.